The quantitative estimate of drug-likeness (QED) is 0.772. The zero-order chi connectivity index (χ0) is 12.0. The zero-order valence-corrected chi connectivity index (χ0v) is 10.2. The van der Waals surface area contributed by atoms with E-state index in [-0.39, 0.29) is 5.82 Å². The van der Waals surface area contributed by atoms with E-state index in [9.17, 15) is 4.39 Å². The van der Waals surface area contributed by atoms with E-state index >= 15 is 0 Å². The Kier molecular flexibility index (Phi) is 2.44. The van der Waals surface area contributed by atoms with E-state index in [1.54, 1.807) is 12.1 Å². The number of fused-ring (bicyclic) bond motifs is 1. The first-order valence-corrected chi connectivity index (χ1v) is 6.09. The standard InChI is InChI=1S/C14H17FN2/c1-16(2)13-5-6-14(13)17-8-7-10-9-11(15)3-4-12(10)17/h3-4,7-9,13-14H,5-6H2,1-2H3. The first-order chi connectivity index (χ1) is 8.16. The molecule has 17 heavy (non-hydrogen) atoms. The van der Waals surface area contributed by atoms with E-state index in [1.807, 2.05) is 12.1 Å². The highest BCUT2D eigenvalue weighted by atomic mass is 19.1. The van der Waals surface area contributed by atoms with Gasteiger partial charge in [-0.3, -0.25) is 0 Å². The Morgan fingerprint density at radius 1 is 1.24 bits per heavy atom. The van der Waals surface area contributed by atoms with Crippen LogP contribution in [0.4, 0.5) is 4.39 Å². The molecule has 0 saturated heterocycles. The van der Waals surface area contributed by atoms with Gasteiger partial charge in [0.15, 0.2) is 0 Å². The molecule has 1 saturated carbocycles. The second kappa shape index (κ2) is 3.84. The van der Waals surface area contributed by atoms with Gasteiger partial charge in [-0.2, -0.15) is 0 Å². The van der Waals surface area contributed by atoms with E-state index in [1.165, 1.54) is 12.8 Å². The highest BCUT2D eigenvalue weighted by molar-refractivity contribution is 5.80. The van der Waals surface area contributed by atoms with Crippen LogP contribution >= 0.6 is 0 Å². The van der Waals surface area contributed by atoms with Crippen LogP contribution in [0.1, 0.15) is 18.9 Å². The SMILES string of the molecule is CN(C)C1CCC1n1ccc2cc(F)ccc21. The normalized spacial score (nSPS) is 24.2. The van der Waals surface area contributed by atoms with E-state index in [2.05, 4.69) is 29.8 Å². The third-order valence-corrected chi connectivity index (χ3v) is 3.91. The lowest BCUT2D eigenvalue weighted by atomic mass is 9.85. The van der Waals surface area contributed by atoms with Gasteiger partial charge in [0.25, 0.3) is 0 Å². The largest absolute Gasteiger partial charge is 0.343 e. The zero-order valence-electron chi connectivity index (χ0n) is 10.2. The molecule has 0 spiro atoms. The smallest absolute Gasteiger partial charge is 0.123 e. The van der Waals surface area contributed by atoms with Crippen LogP contribution in [0.25, 0.3) is 10.9 Å². The van der Waals surface area contributed by atoms with Gasteiger partial charge in [-0.05, 0) is 51.2 Å². The van der Waals surface area contributed by atoms with Crippen LogP contribution in [0.3, 0.4) is 0 Å². The van der Waals surface area contributed by atoms with E-state index in [0.29, 0.717) is 12.1 Å². The molecule has 1 aromatic carbocycles. The predicted octanol–water partition coefficient (Wildman–Crippen LogP) is 3.05. The number of aromatic nitrogens is 1. The van der Waals surface area contributed by atoms with Gasteiger partial charge < -0.3 is 9.47 Å². The topological polar surface area (TPSA) is 8.17 Å². The minimum atomic E-state index is -0.159. The number of hydrogen-bond acceptors (Lipinski definition) is 1. The van der Waals surface area contributed by atoms with Crippen LogP contribution in [-0.2, 0) is 0 Å². The molecular formula is C14H17FN2. The maximum atomic E-state index is 13.1. The summed E-state index contributed by atoms with van der Waals surface area (Å²) in [7, 11) is 4.25. The third kappa shape index (κ3) is 1.65. The van der Waals surface area contributed by atoms with Gasteiger partial charge in [-0.25, -0.2) is 4.39 Å². The van der Waals surface area contributed by atoms with Crippen LogP contribution in [0.5, 0.6) is 0 Å². The van der Waals surface area contributed by atoms with Crippen LogP contribution in [0.15, 0.2) is 30.5 Å². The molecule has 2 unspecified atom stereocenters. The predicted molar refractivity (Wildman–Crippen MR) is 67.6 cm³/mol. The molecule has 2 nitrogen and oxygen atoms in total. The van der Waals surface area contributed by atoms with Crippen molar-refractivity contribution in [3.05, 3.63) is 36.3 Å². The van der Waals surface area contributed by atoms with Crippen molar-refractivity contribution in [3.63, 3.8) is 0 Å². The van der Waals surface area contributed by atoms with Crippen LogP contribution in [0.2, 0.25) is 0 Å². The molecule has 2 atom stereocenters. The molecule has 0 bridgehead atoms. The summed E-state index contributed by atoms with van der Waals surface area (Å²) in [6, 6.07) is 8.18. The summed E-state index contributed by atoms with van der Waals surface area (Å²) in [4.78, 5) is 2.28. The number of halogens is 1. The summed E-state index contributed by atoms with van der Waals surface area (Å²) in [5, 5.41) is 0.995. The number of likely N-dealkylation sites (N-methyl/N-ethyl adjacent to an activating group) is 1. The molecular weight excluding hydrogens is 215 g/mol. The molecule has 1 fully saturated rings. The Labute approximate surface area is 101 Å². The summed E-state index contributed by atoms with van der Waals surface area (Å²) in [5.74, 6) is -0.159. The lowest BCUT2D eigenvalue weighted by Crippen LogP contribution is -2.43. The molecule has 1 aliphatic rings. The maximum Gasteiger partial charge on any atom is 0.123 e. The van der Waals surface area contributed by atoms with Crippen molar-refractivity contribution in [1.29, 1.82) is 0 Å². The highest BCUT2D eigenvalue weighted by Gasteiger charge is 2.34. The average Bonchev–Trinajstić information content (AvgIpc) is 2.58. The summed E-state index contributed by atoms with van der Waals surface area (Å²) >= 11 is 0. The van der Waals surface area contributed by atoms with E-state index < -0.39 is 0 Å². The third-order valence-electron chi connectivity index (χ3n) is 3.91. The Morgan fingerprint density at radius 3 is 2.71 bits per heavy atom. The van der Waals surface area contributed by atoms with Crippen molar-refractivity contribution < 1.29 is 4.39 Å². The first-order valence-electron chi connectivity index (χ1n) is 6.09. The van der Waals surface area contributed by atoms with Gasteiger partial charge in [0.2, 0.25) is 0 Å². The molecule has 3 rings (SSSR count). The van der Waals surface area contributed by atoms with Crippen molar-refractivity contribution >= 4 is 10.9 Å². The lowest BCUT2D eigenvalue weighted by Gasteiger charge is -2.42. The molecule has 90 valence electrons. The van der Waals surface area contributed by atoms with Gasteiger partial charge in [0.05, 0.1) is 0 Å². The maximum absolute atomic E-state index is 13.1. The second-order valence-corrected chi connectivity index (χ2v) is 5.10. The fourth-order valence-corrected chi connectivity index (χ4v) is 2.82. The second-order valence-electron chi connectivity index (χ2n) is 5.10. The highest BCUT2D eigenvalue weighted by Crippen LogP contribution is 2.37. The first kappa shape index (κ1) is 10.8. The van der Waals surface area contributed by atoms with E-state index in [4.69, 9.17) is 0 Å². The van der Waals surface area contributed by atoms with Gasteiger partial charge in [-0.1, -0.05) is 0 Å². The van der Waals surface area contributed by atoms with Crippen molar-refractivity contribution in [3.8, 4) is 0 Å². The molecule has 0 N–H and O–H groups in total. The minimum Gasteiger partial charge on any atom is -0.343 e. The molecule has 1 aromatic heterocycles. The Hall–Kier alpha value is -1.35. The van der Waals surface area contributed by atoms with Crippen LogP contribution < -0.4 is 0 Å². The molecule has 2 aromatic rings. The fourth-order valence-electron chi connectivity index (χ4n) is 2.82. The molecule has 1 heterocycles. The molecule has 0 amide bonds. The lowest BCUT2D eigenvalue weighted by molar-refractivity contribution is 0.116. The number of nitrogens with zero attached hydrogens (tertiary/aromatic N) is 2. The van der Waals surface area contributed by atoms with Gasteiger partial charge in [-0.15, -0.1) is 0 Å². The summed E-state index contributed by atoms with van der Waals surface area (Å²) in [6.07, 6.45) is 4.55. The van der Waals surface area contributed by atoms with Crippen molar-refractivity contribution in [2.45, 2.75) is 24.9 Å². The Balaban J connectivity index is 2.01. The fraction of sp³-hybridized carbons (Fsp3) is 0.429. The molecule has 0 aliphatic heterocycles. The van der Waals surface area contributed by atoms with Crippen molar-refractivity contribution in [1.82, 2.24) is 9.47 Å². The monoisotopic (exact) mass is 232 g/mol. The Bertz CT molecular complexity index is 544. The Morgan fingerprint density at radius 2 is 2.06 bits per heavy atom. The molecule has 3 heteroatoms. The number of rotatable bonds is 2. The average molecular weight is 232 g/mol. The molecule has 0 radical (unpaired) electrons. The molecule has 1 aliphatic carbocycles. The summed E-state index contributed by atoms with van der Waals surface area (Å²) < 4.78 is 15.4. The summed E-state index contributed by atoms with van der Waals surface area (Å²) in [6.45, 7) is 0. The van der Waals surface area contributed by atoms with Gasteiger partial charge in [0.1, 0.15) is 5.82 Å². The van der Waals surface area contributed by atoms with Crippen LogP contribution in [-0.4, -0.2) is 29.6 Å². The van der Waals surface area contributed by atoms with Crippen molar-refractivity contribution in [2.75, 3.05) is 14.1 Å². The van der Waals surface area contributed by atoms with Gasteiger partial charge >= 0.3 is 0 Å². The number of benzene rings is 1. The van der Waals surface area contributed by atoms with E-state index in [0.717, 1.165) is 10.9 Å². The summed E-state index contributed by atoms with van der Waals surface area (Å²) in [5.41, 5.74) is 1.14. The minimum absolute atomic E-state index is 0.159. The van der Waals surface area contributed by atoms with Crippen LogP contribution in [0, 0.1) is 5.82 Å². The van der Waals surface area contributed by atoms with Gasteiger partial charge in [0, 0.05) is 29.2 Å². The number of hydrogen-bond donors (Lipinski definition) is 0. The van der Waals surface area contributed by atoms with Crippen molar-refractivity contribution in [2.24, 2.45) is 0 Å².